The number of aromatic hydroxyl groups is 1. The van der Waals surface area contributed by atoms with E-state index in [2.05, 4.69) is 5.32 Å². The van der Waals surface area contributed by atoms with Gasteiger partial charge in [0.15, 0.2) is 0 Å². The molecule has 0 bridgehead atoms. The zero-order valence-corrected chi connectivity index (χ0v) is 12.1. The van der Waals surface area contributed by atoms with Crippen LogP contribution in [0.5, 0.6) is 5.75 Å². The summed E-state index contributed by atoms with van der Waals surface area (Å²) in [5.41, 5.74) is 8.80. The minimum Gasteiger partial charge on any atom is -0.508 e. The minimum atomic E-state index is -0.131. The van der Waals surface area contributed by atoms with E-state index in [4.69, 9.17) is 5.73 Å². The highest BCUT2D eigenvalue weighted by molar-refractivity contribution is 5.94. The van der Waals surface area contributed by atoms with E-state index in [-0.39, 0.29) is 18.2 Å². The zero-order valence-electron chi connectivity index (χ0n) is 12.1. The number of carbonyl (C=O) groups is 1. The van der Waals surface area contributed by atoms with E-state index in [1.807, 2.05) is 19.1 Å². The molecule has 0 atom stereocenters. The largest absolute Gasteiger partial charge is 0.508 e. The third kappa shape index (κ3) is 3.89. The Bertz CT molecular complexity index is 656. The molecule has 0 aliphatic heterocycles. The van der Waals surface area contributed by atoms with Crippen LogP contribution < -0.4 is 16.0 Å². The number of nitrogens with two attached hydrogens (primary N) is 1. The third-order valence-electron chi connectivity index (χ3n) is 3.18. The van der Waals surface area contributed by atoms with E-state index < -0.39 is 0 Å². The molecule has 110 valence electrons. The SMILES string of the molecule is Cc1cc(N)ccc1NC(=O)CN(C)c1cccc(O)c1. The van der Waals surface area contributed by atoms with Crippen molar-refractivity contribution in [2.45, 2.75) is 6.92 Å². The van der Waals surface area contributed by atoms with Crippen LogP contribution in [0.1, 0.15) is 5.56 Å². The molecule has 0 radical (unpaired) electrons. The molecule has 4 N–H and O–H groups in total. The summed E-state index contributed by atoms with van der Waals surface area (Å²) in [5.74, 6) is 0.0443. The average molecular weight is 285 g/mol. The lowest BCUT2D eigenvalue weighted by molar-refractivity contribution is -0.114. The topological polar surface area (TPSA) is 78.6 Å². The Hall–Kier alpha value is -2.69. The summed E-state index contributed by atoms with van der Waals surface area (Å²) in [5, 5.41) is 12.3. The molecule has 0 fully saturated rings. The van der Waals surface area contributed by atoms with Gasteiger partial charge in [-0.05, 0) is 42.8 Å². The number of aryl methyl sites for hydroxylation is 1. The van der Waals surface area contributed by atoms with Crippen molar-refractivity contribution in [3.05, 3.63) is 48.0 Å². The van der Waals surface area contributed by atoms with Gasteiger partial charge in [0.1, 0.15) is 5.75 Å². The number of phenolic OH excluding ortho intramolecular Hbond substituents is 1. The minimum absolute atomic E-state index is 0.131. The summed E-state index contributed by atoms with van der Waals surface area (Å²) in [6.07, 6.45) is 0. The van der Waals surface area contributed by atoms with Gasteiger partial charge in [-0.2, -0.15) is 0 Å². The second-order valence-corrected chi connectivity index (χ2v) is 5.00. The quantitative estimate of drug-likeness (QED) is 0.753. The van der Waals surface area contributed by atoms with Gasteiger partial charge in [0.25, 0.3) is 0 Å². The molecule has 1 amide bonds. The first-order valence-corrected chi connectivity index (χ1v) is 6.62. The fourth-order valence-electron chi connectivity index (χ4n) is 2.05. The monoisotopic (exact) mass is 285 g/mol. The Morgan fingerprint density at radius 1 is 1.29 bits per heavy atom. The maximum Gasteiger partial charge on any atom is 0.243 e. The van der Waals surface area contributed by atoms with Gasteiger partial charge in [-0.3, -0.25) is 4.79 Å². The van der Waals surface area contributed by atoms with Crippen molar-refractivity contribution in [3.63, 3.8) is 0 Å². The number of hydrogen-bond donors (Lipinski definition) is 3. The number of nitrogen functional groups attached to an aromatic ring is 1. The van der Waals surface area contributed by atoms with Crippen molar-refractivity contribution < 1.29 is 9.90 Å². The van der Waals surface area contributed by atoms with E-state index in [0.717, 1.165) is 16.9 Å². The van der Waals surface area contributed by atoms with E-state index in [0.29, 0.717) is 5.69 Å². The molecule has 0 saturated carbocycles. The molecule has 0 aliphatic rings. The first-order valence-electron chi connectivity index (χ1n) is 6.62. The molecule has 0 aromatic heterocycles. The maximum absolute atomic E-state index is 12.1. The van der Waals surface area contributed by atoms with Crippen LogP contribution in [0.4, 0.5) is 17.1 Å². The van der Waals surface area contributed by atoms with Gasteiger partial charge in [-0.25, -0.2) is 0 Å². The number of phenols is 1. The van der Waals surface area contributed by atoms with Crippen molar-refractivity contribution >= 4 is 23.0 Å². The molecule has 2 aromatic rings. The van der Waals surface area contributed by atoms with Crippen molar-refractivity contribution in [1.29, 1.82) is 0 Å². The van der Waals surface area contributed by atoms with Crippen LogP contribution in [-0.4, -0.2) is 24.6 Å². The Labute approximate surface area is 124 Å². The van der Waals surface area contributed by atoms with Gasteiger partial charge >= 0.3 is 0 Å². The van der Waals surface area contributed by atoms with Crippen LogP contribution in [0, 0.1) is 6.92 Å². The lowest BCUT2D eigenvalue weighted by Crippen LogP contribution is -2.30. The standard InChI is InChI=1S/C16H19N3O2/c1-11-8-12(17)6-7-15(11)18-16(21)10-19(2)13-4-3-5-14(20)9-13/h3-9,20H,10,17H2,1-2H3,(H,18,21). The number of nitrogens with one attached hydrogen (secondary N) is 1. The Balaban J connectivity index is 2.01. The molecular formula is C16H19N3O2. The van der Waals surface area contributed by atoms with Gasteiger partial charge in [0.05, 0.1) is 6.54 Å². The normalized spacial score (nSPS) is 10.2. The second kappa shape index (κ2) is 6.17. The average Bonchev–Trinajstić information content (AvgIpc) is 2.42. The van der Waals surface area contributed by atoms with E-state index in [1.165, 1.54) is 0 Å². The highest BCUT2D eigenvalue weighted by Crippen LogP contribution is 2.20. The predicted molar refractivity (Wildman–Crippen MR) is 85.6 cm³/mol. The number of benzene rings is 2. The summed E-state index contributed by atoms with van der Waals surface area (Å²) < 4.78 is 0. The summed E-state index contributed by atoms with van der Waals surface area (Å²) >= 11 is 0. The molecule has 0 spiro atoms. The summed E-state index contributed by atoms with van der Waals surface area (Å²) in [6.45, 7) is 2.08. The van der Waals surface area contributed by atoms with E-state index in [9.17, 15) is 9.90 Å². The van der Waals surface area contributed by atoms with Gasteiger partial charge in [-0.1, -0.05) is 6.07 Å². The molecule has 2 aromatic carbocycles. The Morgan fingerprint density at radius 2 is 2.05 bits per heavy atom. The highest BCUT2D eigenvalue weighted by atomic mass is 16.3. The first kappa shape index (κ1) is 14.7. The van der Waals surface area contributed by atoms with Gasteiger partial charge < -0.3 is 21.1 Å². The number of rotatable bonds is 4. The number of anilines is 3. The van der Waals surface area contributed by atoms with Crippen LogP contribution >= 0.6 is 0 Å². The number of hydrogen-bond acceptors (Lipinski definition) is 4. The summed E-state index contributed by atoms with van der Waals surface area (Å²) in [4.78, 5) is 13.8. The third-order valence-corrected chi connectivity index (χ3v) is 3.18. The van der Waals surface area contributed by atoms with Crippen molar-refractivity contribution in [3.8, 4) is 5.75 Å². The number of carbonyl (C=O) groups excluding carboxylic acids is 1. The molecule has 5 nitrogen and oxygen atoms in total. The molecule has 2 rings (SSSR count). The molecule has 0 heterocycles. The Kier molecular flexibility index (Phi) is 4.33. The van der Waals surface area contributed by atoms with Crippen LogP contribution in [0.25, 0.3) is 0 Å². The first-order chi connectivity index (χ1) is 9.95. The molecule has 0 aliphatic carbocycles. The lowest BCUT2D eigenvalue weighted by Gasteiger charge is -2.19. The van der Waals surface area contributed by atoms with Crippen molar-refractivity contribution in [2.24, 2.45) is 0 Å². The number of amides is 1. The smallest absolute Gasteiger partial charge is 0.243 e. The molecule has 0 unspecified atom stereocenters. The van der Waals surface area contributed by atoms with Gasteiger partial charge in [-0.15, -0.1) is 0 Å². The van der Waals surface area contributed by atoms with Crippen LogP contribution in [-0.2, 0) is 4.79 Å². The fourth-order valence-corrected chi connectivity index (χ4v) is 2.05. The molecule has 5 heteroatoms. The predicted octanol–water partition coefficient (Wildman–Crippen LogP) is 2.36. The molecule has 21 heavy (non-hydrogen) atoms. The van der Waals surface area contributed by atoms with Crippen LogP contribution in [0.2, 0.25) is 0 Å². The lowest BCUT2D eigenvalue weighted by atomic mass is 10.2. The van der Waals surface area contributed by atoms with E-state index >= 15 is 0 Å². The van der Waals surface area contributed by atoms with Crippen LogP contribution in [0.15, 0.2) is 42.5 Å². The molecule has 0 saturated heterocycles. The zero-order chi connectivity index (χ0) is 15.4. The number of likely N-dealkylation sites (N-methyl/N-ethyl adjacent to an activating group) is 1. The van der Waals surface area contributed by atoms with Gasteiger partial charge in [0, 0.05) is 30.2 Å². The van der Waals surface area contributed by atoms with Crippen molar-refractivity contribution in [2.75, 3.05) is 29.5 Å². The Morgan fingerprint density at radius 3 is 2.71 bits per heavy atom. The van der Waals surface area contributed by atoms with Gasteiger partial charge in [0.2, 0.25) is 5.91 Å². The second-order valence-electron chi connectivity index (χ2n) is 5.00. The molecular weight excluding hydrogens is 266 g/mol. The number of nitrogens with zero attached hydrogens (tertiary/aromatic N) is 1. The highest BCUT2D eigenvalue weighted by Gasteiger charge is 2.09. The summed E-state index contributed by atoms with van der Waals surface area (Å²) in [7, 11) is 1.80. The fraction of sp³-hybridized carbons (Fsp3) is 0.188. The maximum atomic E-state index is 12.1. The van der Waals surface area contributed by atoms with Crippen LogP contribution in [0.3, 0.4) is 0 Å². The van der Waals surface area contributed by atoms with Crippen molar-refractivity contribution in [1.82, 2.24) is 0 Å². The van der Waals surface area contributed by atoms with E-state index in [1.54, 1.807) is 42.3 Å². The summed E-state index contributed by atoms with van der Waals surface area (Å²) in [6, 6.07) is 12.1.